The maximum absolute atomic E-state index is 9.34. The van der Waals surface area contributed by atoms with Crippen LogP contribution in [0, 0.1) is 0 Å². The van der Waals surface area contributed by atoms with Crippen molar-refractivity contribution < 1.29 is 46.2 Å². The minimum atomic E-state index is -4.16. The zero-order chi connectivity index (χ0) is 31.9. The fraction of sp³-hybridized carbons (Fsp3) is 0.929. The Hall–Kier alpha value is -0.0617. The van der Waals surface area contributed by atoms with Crippen LogP contribution in [0.15, 0.2) is 0 Å². The second kappa shape index (κ2) is 45.9. The first-order valence-corrected chi connectivity index (χ1v) is 18.1. The number of nitrogens with two attached hydrogens (primary N) is 2. The van der Waals surface area contributed by atoms with Gasteiger partial charge in [-0.1, -0.05) is 169 Å². The Morgan fingerprint density at radius 2 is 0.650 bits per heavy atom. The SMILES string of the molecule is CCCCCCCCCCCCC.CCCCCCCCCCCCC.NC(O)=S.NC(O)=S.O=S(=O)(O)[O][Mo]. The molecule has 40 heavy (non-hydrogen) atoms. The first-order chi connectivity index (χ1) is 18.9. The van der Waals surface area contributed by atoms with Crippen molar-refractivity contribution in [1.29, 1.82) is 0 Å². The van der Waals surface area contributed by atoms with Gasteiger partial charge in [0.05, 0.1) is 0 Å². The van der Waals surface area contributed by atoms with Crippen molar-refractivity contribution in [3.05, 3.63) is 0 Å². The van der Waals surface area contributed by atoms with Gasteiger partial charge >= 0.3 is 46.4 Å². The summed E-state index contributed by atoms with van der Waals surface area (Å²) in [6.45, 7) is 9.13. The summed E-state index contributed by atoms with van der Waals surface area (Å²) in [5.74, 6) is 0. The number of rotatable bonds is 21. The number of aliphatic hydroxyl groups is 2. The van der Waals surface area contributed by atoms with E-state index in [1.807, 2.05) is 0 Å². The van der Waals surface area contributed by atoms with Crippen LogP contribution < -0.4 is 11.5 Å². The van der Waals surface area contributed by atoms with E-state index in [1.165, 1.54) is 141 Å². The minimum absolute atomic E-state index is 0.500. The summed E-state index contributed by atoms with van der Waals surface area (Å²) >= 11 is 8.55. The molecule has 0 aromatic rings. The fourth-order valence-electron chi connectivity index (χ4n) is 3.47. The number of hydrogen-bond acceptors (Lipinski definition) is 5. The summed E-state index contributed by atoms with van der Waals surface area (Å²) < 4.78 is 29.7. The molecule has 0 saturated heterocycles. The van der Waals surface area contributed by atoms with Crippen LogP contribution in [0.2, 0.25) is 0 Å². The first-order valence-electron chi connectivity index (χ1n) is 15.1. The Morgan fingerprint density at radius 1 is 0.550 bits per heavy atom. The van der Waals surface area contributed by atoms with Gasteiger partial charge in [-0.3, -0.25) is 0 Å². The third-order valence-electron chi connectivity index (χ3n) is 5.50. The molecule has 0 bridgehead atoms. The molecule has 245 valence electrons. The molecule has 0 saturated carbocycles. The van der Waals surface area contributed by atoms with Crippen molar-refractivity contribution in [1.82, 2.24) is 0 Å². The summed E-state index contributed by atoms with van der Waals surface area (Å²) in [6, 6.07) is 0. The van der Waals surface area contributed by atoms with Crippen molar-refractivity contribution in [3.8, 4) is 0 Å². The van der Waals surface area contributed by atoms with Gasteiger partial charge in [0, 0.05) is 0 Å². The molecule has 0 aromatic carbocycles. The third-order valence-corrected chi connectivity index (χ3v) is 6.94. The molecule has 0 unspecified atom stereocenters. The van der Waals surface area contributed by atoms with E-state index in [0.29, 0.717) is 0 Å². The predicted molar refractivity (Wildman–Crippen MR) is 176 cm³/mol. The number of aliphatic hydroxyl groups excluding tert-OH is 2. The van der Waals surface area contributed by atoms with Gasteiger partial charge in [-0.25, -0.2) is 0 Å². The van der Waals surface area contributed by atoms with E-state index in [9.17, 15) is 8.42 Å². The Labute approximate surface area is 270 Å². The zero-order valence-corrected chi connectivity index (χ0v) is 30.4. The van der Waals surface area contributed by atoms with E-state index in [-0.39, 0.29) is 0 Å². The van der Waals surface area contributed by atoms with Gasteiger partial charge in [-0.2, -0.15) is 0 Å². The summed E-state index contributed by atoms with van der Waals surface area (Å²) in [7, 11) is -4.16. The van der Waals surface area contributed by atoms with E-state index < -0.39 is 20.7 Å². The van der Waals surface area contributed by atoms with Gasteiger partial charge in [-0.05, 0) is 24.4 Å². The quantitative estimate of drug-likeness (QED) is 0.0336. The topological polar surface area (TPSA) is 156 Å². The second-order valence-electron chi connectivity index (χ2n) is 9.54. The van der Waals surface area contributed by atoms with E-state index in [4.69, 9.17) is 14.8 Å². The van der Waals surface area contributed by atoms with Gasteiger partial charge < -0.3 is 21.7 Å². The van der Waals surface area contributed by atoms with Crippen LogP contribution in [0.1, 0.15) is 169 Å². The zero-order valence-electron chi connectivity index (χ0n) is 25.9. The molecule has 7 N–H and O–H groups in total. The molecule has 0 fully saturated rings. The first kappa shape index (κ1) is 49.6. The van der Waals surface area contributed by atoms with Gasteiger partial charge in [0.1, 0.15) is 0 Å². The Kier molecular flexibility index (Phi) is 56.9. The average Bonchev–Trinajstić information content (AvgIpc) is 2.86. The maximum atomic E-state index is 9.34. The number of hydrogen-bond donors (Lipinski definition) is 5. The Morgan fingerprint density at radius 3 is 0.725 bits per heavy atom. The number of unbranched alkanes of at least 4 members (excludes halogenated alkanes) is 20. The van der Waals surface area contributed by atoms with E-state index in [1.54, 1.807) is 0 Å². The van der Waals surface area contributed by atoms with Crippen LogP contribution in [-0.2, 0) is 33.4 Å². The van der Waals surface area contributed by atoms with Crippen molar-refractivity contribution in [2.45, 2.75) is 169 Å². The third kappa shape index (κ3) is 98.4. The molecular formula is C28H63MoN2O6S3. The standard InChI is InChI=1S/2C13H28.2CH3NOS.Mo.H2O4S/c2*1-3-5-7-9-11-13-12-10-8-6-4-2;2*2-1(3)4;;1-5(2,3)4/h2*3-13H2,1-2H3;2*(H3,2,3,4);;(H2,1,2,3,4)/q;;;;+1;/p-1. The van der Waals surface area contributed by atoms with Crippen molar-refractivity contribution in [3.63, 3.8) is 0 Å². The molecule has 0 amide bonds. The van der Waals surface area contributed by atoms with Crippen molar-refractivity contribution >= 4 is 45.2 Å². The van der Waals surface area contributed by atoms with Crippen molar-refractivity contribution in [2.75, 3.05) is 0 Å². The second-order valence-corrected chi connectivity index (χ2v) is 12.4. The Balaban J connectivity index is -0.000000140. The molecule has 0 aliphatic rings. The monoisotopic (exact) mass is 717 g/mol. The summed E-state index contributed by atoms with van der Waals surface area (Å²) in [4.78, 5) is 0. The van der Waals surface area contributed by atoms with Crippen LogP contribution in [-0.4, -0.2) is 33.5 Å². The molecule has 0 heterocycles. The predicted octanol–water partition coefficient (Wildman–Crippen LogP) is 9.48. The van der Waals surface area contributed by atoms with Crippen LogP contribution in [0.25, 0.3) is 0 Å². The summed E-state index contributed by atoms with van der Waals surface area (Å²) in [5.41, 5.74) is 8.80. The van der Waals surface area contributed by atoms with Crippen LogP contribution in [0.3, 0.4) is 0 Å². The molecule has 0 atom stereocenters. The number of thiocarbonyl (C=S) groups is 2. The van der Waals surface area contributed by atoms with Gasteiger partial charge in [0.15, 0.2) is 0 Å². The van der Waals surface area contributed by atoms with Gasteiger partial charge in [-0.15, -0.1) is 0 Å². The molecule has 0 radical (unpaired) electrons. The summed E-state index contributed by atoms with van der Waals surface area (Å²) in [6.07, 6.45) is 31.9. The molecule has 0 aliphatic carbocycles. The molecule has 0 aromatic heterocycles. The van der Waals surface area contributed by atoms with Crippen LogP contribution in [0.4, 0.5) is 0 Å². The molecule has 12 heteroatoms. The summed E-state index contributed by atoms with van der Waals surface area (Å²) in [5, 5.41) is 14.1. The molecule has 0 aliphatic heterocycles. The van der Waals surface area contributed by atoms with Crippen LogP contribution in [0.5, 0.6) is 0 Å². The van der Waals surface area contributed by atoms with E-state index in [2.05, 4.69) is 66.4 Å². The van der Waals surface area contributed by atoms with Gasteiger partial charge in [0.25, 0.3) is 10.3 Å². The van der Waals surface area contributed by atoms with E-state index in [0.717, 1.165) is 20.2 Å². The van der Waals surface area contributed by atoms with Crippen LogP contribution >= 0.6 is 24.4 Å². The van der Waals surface area contributed by atoms with Gasteiger partial charge in [0.2, 0.25) is 0 Å². The normalized spacial score (nSPS) is 9.82. The molecular weight excluding hydrogens is 652 g/mol. The average molecular weight is 716 g/mol. The molecule has 8 nitrogen and oxygen atoms in total. The Bertz CT molecular complexity index is 524. The molecule has 0 rings (SSSR count). The fourth-order valence-corrected chi connectivity index (χ4v) is 3.47. The molecule has 0 spiro atoms. The van der Waals surface area contributed by atoms with Crippen molar-refractivity contribution in [2.24, 2.45) is 11.5 Å². The van der Waals surface area contributed by atoms with E-state index >= 15 is 0 Å².